The molecule has 1 aromatic carbocycles. The Hall–Kier alpha value is -2.02. The van der Waals surface area contributed by atoms with Crippen LogP contribution in [0.15, 0.2) is 54.2 Å². The van der Waals surface area contributed by atoms with Crippen LogP contribution in [0.25, 0.3) is 5.69 Å². The molecule has 5 nitrogen and oxygen atoms in total. The summed E-state index contributed by atoms with van der Waals surface area (Å²) < 4.78 is 7.77. The van der Waals surface area contributed by atoms with Gasteiger partial charge in [-0.1, -0.05) is 18.2 Å². The van der Waals surface area contributed by atoms with Crippen LogP contribution in [0.1, 0.15) is 16.8 Å². The van der Waals surface area contributed by atoms with E-state index in [9.17, 15) is 0 Å². The van der Waals surface area contributed by atoms with Crippen LogP contribution in [0, 0.1) is 0 Å². The first-order valence-electron chi connectivity index (χ1n) is 7.72. The largest absolute Gasteiger partial charge is 0.368 e. The summed E-state index contributed by atoms with van der Waals surface area (Å²) in [5, 5.41) is 7.74. The SMILES string of the molecule is c1ccc(-n2ccc(CN3CCO[C@@H](c4nccs4)C3)n2)cc1. The molecule has 0 unspecified atom stereocenters. The Kier molecular flexibility index (Phi) is 4.19. The first-order chi connectivity index (χ1) is 11.4. The van der Waals surface area contributed by atoms with E-state index in [2.05, 4.69) is 33.2 Å². The molecule has 0 radical (unpaired) electrons. The monoisotopic (exact) mass is 326 g/mol. The van der Waals surface area contributed by atoms with Gasteiger partial charge in [0.05, 0.1) is 18.0 Å². The quantitative estimate of drug-likeness (QED) is 0.739. The zero-order valence-corrected chi connectivity index (χ0v) is 13.5. The van der Waals surface area contributed by atoms with Crippen LogP contribution in [-0.2, 0) is 11.3 Å². The normalized spacial score (nSPS) is 19.0. The Balaban J connectivity index is 1.43. The van der Waals surface area contributed by atoms with E-state index in [1.54, 1.807) is 11.3 Å². The van der Waals surface area contributed by atoms with Crippen molar-refractivity contribution in [3.05, 3.63) is 64.9 Å². The second-order valence-corrected chi connectivity index (χ2v) is 6.48. The van der Waals surface area contributed by atoms with E-state index in [0.717, 1.165) is 42.6 Å². The van der Waals surface area contributed by atoms with Crippen LogP contribution in [-0.4, -0.2) is 39.4 Å². The number of aromatic nitrogens is 3. The van der Waals surface area contributed by atoms with Gasteiger partial charge in [-0.3, -0.25) is 4.90 Å². The topological polar surface area (TPSA) is 43.2 Å². The van der Waals surface area contributed by atoms with E-state index in [0.29, 0.717) is 0 Å². The van der Waals surface area contributed by atoms with Crippen molar-refractivity contribution in [3.63, 3.8) is 0 Å². The van der Waals surface area contributed by atoms with Crippen LogP contribution in [0.3, 0.4) is 0 Å². The summed E-state index contributed by atoms with van der Waals surface area (Å²) in [7, 11) is 0. The lowest BCUT2D eigenvalue weighted by atomic mass is 10.2. The standard InChI is InChI=1S/C17H18N4OS/c1-2-4-15(5-3-1)21-8-6-14(19-21)12-20-9-10-22-16(13-20)17-18-7-11-23-17/h1-8,11,16H,9-10,12-13H2/t16-/m1/s1. The van der Waals surface area contributed by atoms with Crippen LogP contribution < -0.4 is 0 Å². The lowest BCUT2D eigenvalue weighted by molar-refractivity contribution is -0.0333. The van der Waals surface area contributed by atoms with Crippen LogP contribution >= 0.6 is 11.3 Å². The highest BCUT2D eigenvalue weighted by molar-refractivity contribution is 7.09. The maximum absolute atomic E-state index is 5.85. The smallest absolute Gasteiger partial charge is 0.123 e. The van der Waals surface area contributed by atoms with Crippen LogP contribution in [0.5, 0.6) is 0 Å². The van der Waals surface area contributed by atoms with Gasteiger partial charge >= 0.3 is 0 Å². The minimum atomic E-state index is 0.0833. The van der Waals surface area contributed by atoms with Gasteiger partial charge in [0.2, 0.25) is 0 Å². The van der Waals surface area contributed by atoms with Crippen molar-refractivity contribution in [2.45, 2.75) is 12.6 Å². The second-order valence-electron chi connectivity index (χ2n) is 5.55. The number of benzene rings is 1. The van der Waals surface area contributed by atoms with Crippen molar-refractivity contribution in [1.29, 1.82) is 0 Å². The van der Waals surface area contributed by atoms with E-state index >= 15 is 0 Å². The summed E-state index contributed by atoms with van der Waals surface area (Å²) in [4.78, 5) is 6.75. The third-order valence-corrected chi connectivity index (χ3v) is 4.80. The molecule has 0 N–H and O–H groups in total. The molecule has 0 spiro atoms. The van der Waals surface area contributed by atoms with E-state index in [4.69, 9.17) is 4.74 Å². The number of thiazole rings is 1. The molecule has 1 saturated heterocycles. The van der Waals surface area contributed by atoms with Gasteiger partial charge in [-0.05, 0) is 18.2 Å². The maximum Gasteiger partial charge on any atom is 0.123 e. The molecule has 1 atom stereocenters. The second kappa shape index (κ2) is 6.62. The van der Waals surface area contributed by atoms with Gasteiger partial charge < -0.3 is 4.74 Å². The fourth-order valence-electron chi connectivity index (χ4n) is 2.79. The first-order valence-corrected chi connectivity index (χ1v) is 8.60. The number of rotatable bonds is 4. The predicted octanol–water partition coefficient (Wildman–Crippen LogP) is 2.90. The first kappa shape index (κ1) is 14.6. The van der Waals surface area contributed by atoms with Gasteiger partial charge in [0.15, 0.2) is 0 Å². The van der Waals surface area contributed by atoms with Gasteiger partial charge in [0.1, 0.15) is 11.1 Å². The maximum atomic E-state index is 5.85. The molecular weight excluding hydrogens is 308 g/mol. The fraction of sp³-hybridized carbons (Fsp3) is 0.294. The minimum absolute atomic E-state index is 0.0833. The van der Waals surface area contributed by atoms with Crippen molar-refractivity contribution in [3.8, 4) is 5.69 Å². The third-order valence-electron chi connectivity index (χ3n) is 3.93. The van der Waals surface area contributed by atoms with Crippen molar-refractivity contribution in [2.75, 3.05) is 19.7 Å². The minimum Gasteiger partial charge on any atom is -0.368 e. The molecule has 4 rings (SSSR count). The summed E-state index contributed by atoms with van der Waals surface area (Å²) in [5.74, 6) is 0. The number of morpholine rings is 1. The van der Waals surface area contributed by atoms with E-state index in [-0.39, 0.29) is 6.10 Å². The summed E-state index contributed by atoms with van der Waals surface area (Å²) in [6.07, 6.45) is 3.94. The Morgan fingerprint density at radius 3 is 2.96 bits per heavy atom. The van der Waals surface area contributed by atoms with Gasteiger partial charge in [0, 0.05) is 37.4 Å². The Labute approximate surface area is 139 Å². The molecule has 23 heavy (non-hydrogen) atoms. The number of para-hydroxylation sites is 1. The highest BCUT2D eigenvalue weighted by Gasteiger charge is 2.24. The molecule has 3 aromatic rings. The zero-order valence-electron chi connectivity index (χ0n) is 12.7. The van der Waals surface area contributed by atoms with Crippen molar-refractivity contribution in [2.24, 2.45) is 0 Å². The Morgan fingerprint density at radius 2 is 2.13 bits per heavy atom. The summed E-state index contributed by atoms with van der Waals surface area (Å²) in [5.41, 5.74) is 2.16. The van der Waals surface area contributed by atoms with E-state index in [1.165, 1.54) is 0 Å². The molecule has 0 amide bonds. The molecule has 0 aliphatic carbocycles. The highest BCUT2D eigenvalue weighted by atomic mass is 32.1. The summed E-state index contributed by atoms with van der Waals surface area (Å²) in [6, 6.07) is 12.3. The zero-order chi connectivity index (χ0) is 15.5. The van der Waals surface area contributed by atoms with Crippen LogP contribution in [0.2, 0.25) is 0 Å². The number of hydrogen-bond acceptors (Lipinski definition) is 5. The molecule has 118 valence electrons. The summed E-state index contributed by atoms with van der Waals surface area (Å²) in [6.45, 7) is 3.38. The van der Waals surface area contributed by atoms with E-state index < -0.39 is 0 Å². The number of ether oxygens (including phenoxy) is 1. The molecular formula is C17H18N4OS. The molecule has 6 heteroatoms. The van der Waals surface area contributed by atoms with Crippen LogP contribution in [0.4, 0.5) is 0 Å². The average molecular weight is 326 g/mol. The fourth-order valence-corrected chi connectivity index (χ4v) is 3.47. The van der Waals surface area contributed by atoms with Gasteiger partial charge in [-0.25, -0.2) is 9.67 Å². The lowest BCUT2D eigenvalue weighted by Crippen LogP contribution is -2.37. The van der Waals surface area contributed by atoms with E-state index in [1.807, 2.05) is 40.7 Å². The number of nitrogens with zero attached hydrogens (tertiary/aromatic N) is 4. The Morgan fingerprint density at radius 1 is 1.22 bits per heavy atom. The molecule has 3 heterocycles. The molecule has 2 aromatic heterocycles. The predicted molar refractivity (Wildman–Crippen MR) is 89.6 cm³/mol. The molecule has 1 aliphatic rings. The van der Waals surface area contributed by atoms with Crippen molar-refractivity contribution >= 4 is 11.3 Å². The van der Waals surface area contributed by atoms with Gasteiger partial charge in [-0.2, -0.15) is 5.10 Å². The molecule has 0 bridgehead atoms. The molecule has 0 saturated carbocycles. The molecule has 1 aliphatic heterocycles. The average Bonchev–Trinajstić information content (AvgIpc) is 3.28. The van der Waals surface area contributed by atoms with Crippen molar-refractivity contribution in [1.82, 2.24) is 19.7 Å². The summed E-state index contributed by atoms with van der Waals surface area (Å²) >= 11 is 1.66. The third kappa shape index (κ3) is 3.34. The van der Waals surface area contributed by atoms with Crippen molar-refractivity contribution < 1.29 is 4.74 Å². The highest BCUT2D eigenvalue weighted by Crippen LogP contribution is 2.24. The van der Waals surface area contributed by atoms with Gasteiger partial charge in [-0.15, -0.1) is 11.3 Å². The molecule has 1 fully saturated rings. The Bertz CT molecular complexity index is 741. The number of hydrogen-bond donors (Lipinski definition) is 0. The van der Waals surface area contributed by atoms with Gasteiger partial charge in [0.25, 0.3) is 0 Å². The lowest BCUT2D eigenvalue weighted by Gasteiger charge is -2.31.